The summed E-state index contributed by atoms with van der Waals surface area (Å²) in [6, 6.07) is 15.1. The van der Waals surface area contributed by atoms with Crippen molar-refractivity contribution in [2.24, 2.45) is 7.05 Å². The van der Waals surface area contributed by atoms with E-state index in [1.807, 2.05) is 31.3 Å². The molecule has 120 valence electrons. The zero-order valence-corrected chi connectivity index (χ0v) is 13.8. The largest absolute Gasteiger partial charge is 0.380 e. The van der Waals surface area contributed by atoms with E-state index < -0.39 is 0 Å². The summed E-state index contributed by atoms with van der Waals surface area (Å²) in [5.74, 6) is -0.240. The number of para-hydroxylation sites is 1. The first-order valence-corrected chi connectivity index (χ1v) is 7.97. The lowest BCUT2D eigenvalue weighted by atomic mass is 9.99. The van der Waals surface area contributed by atoms with Gasteiger partial charge in [0.15, 0.2) is 5.69 Å². The molecule has 3 aromatic rings. The number of aromatic nitrogens is 2. The third-order valence-corrected chi connectivity index (χ3v) is 4.32. The Balaban J connectivity index is 1.72. The highest BCUT2D eigenvalue weighted by atomic mass is 35.5. The quantitative estimate of drug-likeness (QED) is 0.744. The highest BCUT2D eigenvalue weighted by Gasteiger charge is 2.26. The maximum Gasteiger partial charge on any atom is 0.276 e. The molecule has 24 heavy (non-hydrogen) atoms. The Morgan fingerprint density at radius 1 is 1.25 bits per heavy atom. The minimum atomic E-state index is -0.240. The molecule has 0 spiro atoms. The number of benzene rings is 2. The first kappa shape index (κ1) is 14.8. The molecule has 0 atom stereocenters. The van der Waals surface area contributed by atoms with Gasteiger partial charge in [-0.15, -0.1) is 0 Å². The summed E-state index contributed by atoms with van der Waals surface area (Å²) in [6.07, 6.45) is 0. The van der Waals surface area contributed by atoms with E-state index in [4.69, 9.17) is 11.6 Å². The predicted octanol–water partition coefficient (Wildman–Crippen LogP) is 3.92. The van der Waals surface area contributed by atoms with Crippen molar-refractivity contribution in [3.8, 4) is 11.3 Å². The maximum atomic E-state index is 12.7. The van der Waals surface area contributed by atoms with Gasteiger partial charge in [0, 0.05) is 41.1 Å². The van der Waals surface area contributed by atoms with Gasteiger partial charge in [0.2, 0.25) is 0 Å². The first-order valence-electron chi connectivity index (χ1n) is 7.59. The van der Waals surface area contributed by atoms with E-state index in [1.54, 1.807) is 28.9 Å². The van der Waals surface area contributed by atoms with Crippen LogP contribution in [0.1, 0.15) is 16.1 Å². The highest BCUT2D eigenvalue weighted by Crippen LogP contribution is 2.36. The molecular formula is C18H15ClN4O. The predicted molar refractivity (Wildman–Crippen MR) is 95.4 cm³/mol. The van der Waals surface area contributed by atoms with Crippen LogP contribution in [-0.4, -0.2) is 15.7 Å². The standard InChI is InChI=1S/C18H15ClN4O/c1-23-17-13-7-2-3-8-15(13)20-10-14(17)16(22-23)18(24)21-12-6-4-5-11(19)9-12/h2-9,20H,10H2,1H3,(H,21,24). The fraction of sp³-hybridized carbons (Fsp3) is 0.111. The van der Waals surface area contributed by atoms with Crippen LogP contribution in [0.4, 0.5) is 11.4 Å². The highest BCUT2D eigenvalue weighted by molar-refractivity contribution is 6.31. The number of rotatable bonds is 2. The van der Waals surface area contributed by atoms with Crippen LogP contribution in [-0.2, 0) is 13.6 Å². The summed E-state index contributed by atoms with van der Waals surface area (Å²) >= 11 is 5.97. The Morgan fingerprint density at radius 3 is 2.92 bits per heavy atom. The number of hydrogen-bond donors (Lipinski definition) is 2. The van der Waals surface area contributed by atoms with Crippen LogP contribution in [0.15, 0.2) is 48.5 Å². The summed E-state index contributed by atoms with van der Waals surface area (Å²) < 4.78 is 1.77. The van der Waals surface area contributed by atoms with Gasteiger partial charge >= 0.3 is 0 Å². The molecule has 5 nitrogen and oxygen atoms in total. The summed E-state index contributed by atoms with van der Waals surface area (Å²) in [5, 5.41) is 11.2. The number of carbonyl (C=O) groups is 1. The van der Waals surface area contributed by atoms with E-state index in [-0.39, 0.29) is 5.91 Å². The molecule has 0 fully saturated rings. The van der Waals surface area contributed by atoms with Crippen LogP contribution in [0.25, 0.3) is 11.3 Å². The zero-order valence-electron chi connectivity index (χ0n) is 13.0. The third-order valence-electron chi connectivity index (χ3n) is 4.08. The summed E-state index contributed by atoms with van der Waals surface area (Å²) in [6.45, 7) is 0.568. The number of fused-ring (bicyclic) bond motifs is 3. The van der Waals surface area contributed by atoms with Crippen molar-refractivity contribution >= 4 is 28.9 Å². The van der Waals surface area contributed by atoms with Crippen LogP contribution in [0.5, 0.6) is 0 Å². The maximum absolute atomic E-state index is 12.7. The third kappa shape index (κ3) is 2.43. The van der Waals surface area contributed by atoms with Gasteiger partial charge in [-0.05, 0) is 24.3 Å². The van der Waals surface area contributed by atoms with Crippen LogP contribution in [0, 0.1) is 0 Å². The minimum absolute atomic E-state index is 0.240. The number of aryl methyl sites for hydroxylation is 1. The number of nitrogens with one attached hydrogen (secondary N) is 2. The Bertz CT molecular complexity index is 948. The van der Waals surface area contributed by atoms with Gasteiger partial charge in [-0.1, -0.05) is 35.9 Å². The van der Waals surface area contributed by atoms with Gasteiger partial charge in [-0.25, -0.2) is 0 Å². The van der Waals surface area contributed by atoms with Crippen molar-refractivity contribution in [1.29, 1.82) is 0 Å². The number of hydrogen-bond acceptors (Lipinski definition) is 3. The molecule has 0 radical (unpaired) electrons. The molecule has 0 unspecified atom stereocenters. The summed E-state index contributed by atoms with van der Waals surface area (Å²) in [7, 11) is 1.86. The lowest BCUT2D eigenvalue weighted by molar-refractivity contribution is 0.102. The molecule has 0 bridgehead atoms. The van der Waals surface area contributed by atoms with Gasteiger partial charge in [-0.3, -0.25) is 9.48 Å². The molecule has 1 amide bonds. The SMILES string of the molecule is Cn1nc(C(=O)Nc2cccc(Cl)c2)c2c1-c1ccccc1NC2. The monoisotopic (exact) mass is 338 g/mol. The van der Waals surface area contributed by atoms with Gasteiger partial charge in [-0.2, -0.15) is 5.10 Å². The van der Waals surface area contributed by atoms with Crippen LogP contribution < -0.4 is 10.6 Å². The van der Waals surface area contributed by atoms with Gasteiger partial charge in [0.1, 0.15) is 0 Å². The van der Waals surface area contributed by atoms with E-state index >= 15 is 0 Å². The van der Waals surface area contributed by atoms with Gasteiger partial charge < -0.3 is 10.6 Å². The van der Waals surface area contributed by atoms with E-state index in [0.717, 1.165) is 22.5 Å². The van der Waals surface area contributed by atoms with Crippen molar-refractivity contribution in [1.82, 2.24) is 9.78 Å². The van der Waals surface area contributed by atoms with Crippen molar-refractivity contribution in [3.63, 3.8) is 0 Å². The molecule has 2 aromatic carbocycles. The van der Waals surface area contributed by atoms with E-state index in [0.29, 0.717) is 22.9 Å². The van der Waals surface area contributed by atoms with Crippen molar-refractivity contribution < 1.29 is 4.79 Å². The second-order valence-corrected chi connectivity index (χ2v) is 6.10. The van der Waals surface area contributed by atoms with Gasteiger partial charge in [0.25, 0.3) is 5.91 Å². The minimum Gasteiger partial charge on any atom is -0.380 e. The zero-order chi connectivity index (χ0) is 16.7. The molecular weight excluding hydrogens is 324 g/mol. The lowest BCUT2D eigenvalue weighted by Gasteiger charge is -2.19. The molecule has 1 aromatic heterocycles. The molecule has 0 saturated carbocycles. The number of nitrogens with zero attached hydrogens (tertiary/aromatic N) is 2. The summed E-state index contributed by atoms with van der Waals surface area (Å²) in [4.78, 5) is 12.7. The van der Waals surface area contributed by atoms with E-state index in [1.165, 1.54) is 0 Å². The van der Waals surface area contributed by atoms with E-state index in [2.05, 4.69) is 15.7 Å². The topological polar surface area (TPSA) is 59.0 Å². The molecule has 2 N–H and O–H groups in total. The Hall–Kier alpha value is -2.79. The molecule has 4 rings (SSSR count). The van der Waals surface area contributed by atoms with Crippen LogP contribution in [0.3, 0.4) is 0 Å². The second-order valence-electron chi connectivity index (χ2n) is 5.66. The van der Waals surface area contributed by atoms with E-state index in [9.17, 15) is 4.79 Å². The summed E-state index contributed by atoms with van der Waals surface area (Å²) in [5.41, 5.74) is 5.05. The average Bonchev–Trinajstić information content (AvgIpc) is 2.92. The molecule has 6 heteroatoms. The Kier molecular flexibility index (Phi) is 3.50. The average molecular weight is 339 g/mol. The molecule has 0 saturated heterocycles. The normalized spacial score (nSPS) is 12.1. The van der Waals surface area contributed by atoms with Gasteiger partial charge in [0.05, 0.1) is 5.69 Å². The van der Waals surface area contributed by atoms with Crippen LogP contribution >= 0.6 is 11.6 Å². The van der Waals surface area contributed by atoms with Crippen LogP contribution in [0.2, 0.25) is 5.02 Å². The second kappa shape index (κ2) is 5.69. The number of carbonyl (C=O) groups excluding carboxylic acids is 1. The fourth-order valence-electron chi connectivity index (χ4n) is 3.04. The number of amides is 1. The number of halogens is 1. The molecule has 1 aliphatic heterocycles. The lowest BCUT2D eigenvalue weighted by Crippen LogP contribution is -2.17. The molecule has 1 aliphatic rings. The van der Waals surface area contributed by atoms with Crippen molar-refractivity contribution in [2.45, 2.75) is 6.54 Å². The molecule has 0 aliphatic carbocycles. The number of anilines is 2. The Morgan fingerprint density at radius 2 is 2.08 bits per heavy atom. The van der Waals surface area contributed by atoms with Crippen molar-refractivity contribution in [3.05, 3.63) is 64.8 Å². The van der Waals surface area contributed by atoms with Crippen molar-refractivity contribution in [2.75, 3.05) is 10.6 Å². The fourth-order valence-corrected chi connectivity index (χ4v) is 3.23. The first-order chi connectivity index (χ1) is 11.6. The molecule has 2 heterocycles. The Labute approximate surface area is 144 Å². The smallest absolute Gasteiger partial charge is 0.276 e.